The van der Waals surface area contributed by atoms with Crippen LogP contribution < -0.4 is 0 Å². The average molecular weight is 156 g/mol. The molecule has 62 valence electrons. The number of carbonyl (C=O) groups is 2. The monoisotopic (exact) mass is 156 g/mol. The van der Waals surface area contributed by atoms with E-state index in [4.69, 9.17) is 0 Å². The van der Waals surface area contributed by atoms with Crippen LogP contribution >= 0.6 is 0 Å². The number of hydrogen-bond acceptors (Lipinski definition) is 3. The number of ether oxygens (including phenoxy) is 1. The van der Waals surface area contributed by atoms with E-state index >= 15 is 0 Å². The normalized spacial score (nSPS) is 41.4. The Kier molecular flexibility index (Phi) is 1.74. The maximum Gasteiger partial charge on any atom is 0.312 e. The van der Waals surface area contributed by atoms with Gasteiger partial charge in [0, 0.05) is 5.92 Å². The number of aldehydes is 1. The molecule has 0 saturated heterocycles. The van der Waals surface area contributed by atoms with Crippen LogP contribution in [0.5, 0.6) is 0 Å². The largest absolute Gasteiger partial charge is 0.469 e. The van der Waals surface area contributed by atoms with Gasteiger partial charge in [-0.15, -0.1) is 0 Å². The molecule has 1 fully saturated rings. The van der Waals surface area contributed by atoms with Gasteiger partial charge in [0.15, 0.2) is 0 Å². The van der Waals surface area contributed by atoms with E-state index in [1.165, 1.54) is 7.11 Å². The molecule has 1 aliphatic rings. The number of methoxy groups -OCH3 is 1. The summed E-state index contributed by atoms with van der Waals surface area (Å²) < 4.78 is 4.58. The summed E-state index contributed by atoms with van der Waals surface area (Å²) in [5, 5.41) is 0. The molecule has 1 saturated carbocycles. The third-order valence-corrected chi connectivity index (χ3v) is 2.84. The number of rotatable bonds is 2. The standard InChI is InChI=1S/C8H12O3/c1-5-6(4-9)8(5,2)7(10)11-3/h4-6H,1-3H3/t5-,6-,8?/m0/s1. The fraction of sp³-hybridized carbons (Fsp3) is 0.750. The highest BCUT2D eigenvalue weighted by atomic mass is 16.5. The second-order valence-electron chi connectivity index (χ2n) is 3.22. The van der Waals surface area contributed by atoms with Crippen LogP contribution in [0.3, 0.4) is 0 Å². The van der Waals surface area contributed by atoms with Crippen molar-refractivity contribution in [2.24, 2.45) is 17.3 Å². The van der Waals surface area contributed by atoms with Crippen molar-refractivity contribution in [1.29, 1.82) is 0 Å². The number of hydrogen-bond donors (Lipinski definition) is 0. The molecular weight excluding hydrogens is 144 g/mol. The van der Waals surface area contributed by atoms with Crippen molar-refractivity contribution in [3.05, 3.63) is 0 Å². The first kappa shape index (κ1) is 8.24. The van der Waals surface area contributed by atoms with Crippen molar-refractivity contribution in [2.45, 2.75) is 13.8 Å². The van der Waals surface area contributed by atoms with Crippen LogP contribution in [-0.4, -0.2) is 19.4 Å². The maximum atomic E-state index is 11.1. The molecule has 0 spiro atoms. The van der Waals surface area contributed by atoms with Gasteiger partial charge in [-0.2, -0.15) is 0 Å². The Morgan fingerprint density at radius 3 is 2.45 bits per heavy atom. The van der Waals surface area contributed by atoms with Gasteiger partial charge >= 0.3 is 5.97 Å². The van der Waals surface area contributed by atoms with E-state index in [1.807, 2.05) is 6.92 Å². The van der Waals surface area contributed by atoms with Crippen molar-refractivity contribution < 1.29 is 14.3 Å². The molecule has 0 aliphatic heterocycles. The number of esters is 1. The van der Waals surface area contributed by atoms with Gasteiger partial charge in [-0.3, -0.25) is 4.79 Å². The third-order valence-electron chi connectivity index (χ3n) is 2.84. The summed E-state index contributed by atoms with van der Waals surface area (Å²) in [7, 11) is 1.35. The molecule has 11 heavy (non-hydrogen) atoms. The lowest BCUT2D eigenvalue weighted by Crippen LogP contribution is -2.17. The van der Waals surface area contributed by atoms with E-state index in [1.54, 1.807) is 6.92 Å². The van der Waals surface area contributed by atoms with Gasteiger partial charge in [-0.1, -0.05) is 6.92 Å². The fourth-order valence-electron chi connectivity index (χ4n) is 1.57. The predicted molar refractivity (Wildman–Crippen MR) is 38.8 cm³/mol. The molecule has 3 nitrogen and oxygen atoms in total. The van der Waals surface area contributed by atoms with Crippen LogP contribution in [0.15, 0.2) is 0 Å². The van der Waals surface area contributed by atoms with Crippen LogP contribution in [0.2, 0.25) is 0 Å². The molecule has 0 heterocycles. The Hall–Kier alpha value is -0.860. The van der Waals surface area contributed by atoms with Crippen molar-refractivity contribution in [3.8, 4) is 0 Å². The van der Waals surface area contributed by atoms with Crippen LogP contribution in [0.4, 0.5) is 0 Å². The first-order valence-corrected chi connectivity index (χ1v) is 3.62. The van der Waals surface area contributed by atoms with Crippen molar-refractivity contribution in [2.75, 3.05) is 7.11 Å². The molecule has 0 N–H and O–H groups in total. The molecule has 1 rings (SSSR count). The van der Waals surface area contributed by atoms with E-state index in [9.17, 15) is 9.59 Å². The summed E-state index contributed by atoms with van der Waals surface area (Å²) in [6, 6.07) is 0. The van der Waals surface area contributed by atoms with Gasteiger partial charge in [-0.05, 0) is 12.8 Å². The van der Waals surface area contributed by atoms with E-state index in [-0.39, 0.29) is 17.8 Å². The highest BCUT2D eigenvalue weighted by Crippen LogP contribution is 2.57. The van der Waals surface area contributed by atoms with Crippen LogP contribution in [-0.2, 0) is 14.3 Å². The summed E-state index contributed by atoms with van der Waals surface area (Å²) in [4.78, 5) is 21.5. The second-order valence-corrected chi connectivity index (χ2v) is 3.22. The number of carbonyl (C=O) groups excluding carboxylic acids is 2. The smallest absolute Gasteiger partial charge is 0.312 e. The molecule has 0 bridgehead atoms. The Morgan fingerprint density at radius 1 is 1.64 bits per heavy atom. The fourth-order valence-corrected chi connectivity index (χ4v) is 1.57. The second kappa shape index (κ2) is 2.32. The molecule has 3 atom stereocenters. The van der Waals surface area contributed by atoms with Gasteiger partial charge in [0.05, 0.1) is 12.5 Å². The molecule has 0 aromatic heterocycles. The lowest BCUT2D eigenvalue weighted by molar-refractivity contribution is -0.147. The zero-order valence-corrected chi connectivity index (χ0v) is 6.96. The third kappa shape index (κ3) is 0.870. The van der Waals surface area contributed by atoms with Crippen molar-refractivity contribution >= 4 is 12.3 Å². The van der Waals surface area contributed by atoms with Gasteiger partial charge in [-0.25, -0.2) is 0 Å². The summed E-state index contributed by atoms with van der Waals surface area (Å²) >= 11 is 0. The highest BCUT2D eigenvalue weighted by Gasteiger charge is 2.64. The minimum absolute atomic E-state index is 0.132. The van der Waals surface area contributed by atoms with E-state index in [2.05, 4.69) is 4.74 Å². The predicted octanol–water partition coefficient (Wildman–Crippen LogP) is 0.630. The molecule has 0 radical (unpaired) electrons. The Bertz CT molecular complexity index is 200. The molecule has 0 aromatic carbocycles. The van der Waals surface area contributed by atoms with Crippen LogP contribution in [0, 0.1) is 17.3 Å². The average Bonchev–Trinajstić information content (AvgIpc) is 2.54. The molecule has 0 amide bonds. The lowest BCUT2D eigenvalue weighted by Gasteiger charge is -2.05. The molecule has 0 aromatic rings. The minimum Gasteiger partial charge on any atom is -0.469 e. The quantitative estimate of drug-likeness (QED) is 0.435. The topological polar surface area (TPSA) is 43.4 Å². The molecular formula is C8H12O3. The SMILES string of the molecule is COC(=O)C1(C)[C@@H](C)[C@@H]1C=O. The van der Waals surface area contributed by atoms with Crippen molar-refractivity contribution in [3.63, 3.8) is 0 Å². The maximum absolute atomic E-state index is 11.1. The van der Waals surface area contributed by atoms with E-state index in [0.29, 0.717) is 0 Å². The molecule has 1 unspecified atom stereocenters. The summed E-state index contributed by atoms with van der Waals surface area (Å²) in [5.41, 5.74) is -0.545. The summed E-state index contributed by atoms with van der Waals surface area (Å²) in [6.45, 7) is 3.65. The Morgan fingerprint density at radius 2 is 2.18 bits per heavy atom. The minimum atomic E-state index is -0.545. The summed E-state index contributed by atoms with van der Waals surface area (Å²) in [5.74, 6) is -0.288. The van der Waals surface area contributed by atoms with Crippen molar-refractivity contribution in [1.82, 2.24) is 0 Å². The highest BCUT2D eigenvalue weighted by molar-refractivity contribution is 5.86. The Balaban J connectivity index is 2.72. The Labute approximate surface area is 65.7 Å². The molecule has 3 heteroatoms. The first-order valence-electron chi connectivity index (χ1n) is 3.62. The zero-order chi connectivity index (χ0) is 8.65. The van der Waals surface area contributed by atoms with Crippen LogP contribution in [0.1, 0.15) is 13.8 Å². The van der Waals surface area contributed by atoms with Gasteiger partial charge in [0.1, 0.15) is 6.29 Å². The van der Waals surface area contributed by atoms with Crippen LogP contribution in [0.25, 0.3) is 0 Å². The van der Waals surface area contributed by atoms with Gasteiger partial charge in [0.2, 0.25) is 0 Å². The summed E-state index contributed by atoms with van der Waals surface area (Å²) in [6.07, 6.45) is 0.835. The van der Waals surface area contributed by atoms with Gasteiger partial charge < -0.3 is 9.53 Å². The van der Waals surface area contributed by atoms with E-state index in [0.717, 1.165) is 6.29 Å². The zero-order valence-electron chi connectivity index (χ0n) is 6.96. The lowest BCUT2D eigenvalue weighted by atomic mass is 10.1. The first-order chi connectivity index (χ1) is 5.08. The molecule has 1 aliphatic carbocycles. The van der Waals surface area contributed by atoms with Gasteiger partial charge in [0.25, 0.3) is 0 Å². The van der Waals surface area contributed by atoms with E-state index < -0.39 is 5.41 Å².